The van der Waals surface area contributed by atoms with Gasteiger partial charge < -0.3 is 29.7 Å². The van der Waals surface area contributed by atoms with Crippen molar-refractivity contribution >= 4 is 17.5 Å². The average molecular weight is 466 g/mol. The quantitative estimate of drug-likeness (QED) is 0.651. The molecule has 2 amide bonds. The van der Waals surface area contributed by atoms with Gasteiger partial charge in [-0.05, 0) is 81.1 Å². The minimum atomic E-state index is -0.288. The predicted octanol–water partition coefficient (Wildman–Crippen LogP) is 3.43. The molecule has 8 nitrogen and oxygen atoms in total. The standard InChI is InChI=1S/C26H31N3O5/c30-25(16-32-21-10-11-23-24(14-21)34-17-33-23)28-20-8-6-18(7-9-20)26(31)27-15-19-4-3-13-29-12-2-1-5-22(19)29/h6-11,14,19,22H,1-5,12-13,15-17H2,(H,27,31)(H,28,30)/t19-,22-/m1/s1. The van der Waals surface area contributed by atoms with Crippen molar-refractivity contribution in [2.75, 3.05) is 38.4 Å². The molecule has 2 fully saturated rings. The number of rotatable bonds is 7. The van der Waals surface area contributed by atoms with Crippen LogP contribution in [0.3, 0.4) is 0 Å². The van der Waals surface area contributed by atoms with Gasteiger partial charge in [0.15, 0.2) is 18.1 Å². The van der Waals surface area contributed by atoms with Gasteiger partial charge in [0, 0.05) is 29.9 Å². The molecule has 0 radical (unpaired) electrons. The van der Waals surface area contributed by atoms with Crippen LogP contribution in [0.15, 0.2) is 42.5 Å². The number of anilines is 1. The third-order valence-electron chi connectivity index (χ3n) is 6.90. The molecule has 8 heteroatoms. The zero-order valence-electron chi connectivity index (χ0n) is 19.3. The minimum absolute atomic E-state index is 0.0723. The van der Waals surface area contributed by atoms with Gasteiger partial charge in [0.1, 0.15) is 5.75 Å². The van der Waals surface area contributed by atoms with Crippen molar-refractivity contribution in [2.45, 2.75) is 38.1 Å². The van der Waals surface area contributed by atoms with E-state index in [1.807, 2.05) is 0 Å². The van der Waals surface area contributed by atoms with Crippen LogP contribution in [0, 0.1) is 5.92 Å². The third kappa shape index (κ3) is 5.28. The second kappa shape index (κ2) is 10.3. The Morgan fingerprint density at radius 2 is 1.79 bits per heavy atom. The van der Waals surface area contributed by atoms with Crippen molar-refractivity contribution in [3.8, 4) is 17.2 Å². The van der Waals surface area contributed by atoms with Crippen molar-refractivity contribution in [1.82, 2.24) is 10.2 Å². The summed E-state index contributed by atoms with van der Waals surface area (Å²) in [6.45, 7) is 3.16. The number of carbonyl (C=O) groups is 2. The van der Waals surface area contributed by atoms with Crippen molar-refractivity contribution in [1.29, 1.82) is 0 Å². The smallest absolute Gasteiger partial charge is 0.262 e. The summed E-state index contributed by atoms with van der Waals surface area (Å²) in [5.41, 5.74) is 1.20. The first kappa shape index (κ1) is 22.5. The number of hydrogen-bond acceptors (Lipinski definition) is 6. The molecule has 34 heavy (non-hydrogen) atoms. The zero-order valence-corrected chi connectivity index (χ0v) is 19.3. The largest absolute Gasteiger partial charge is 0.484 e. The lowest BCUT2D eigenvalue weighted by atomic mass is 9.83. The van der Waals surface area contributed by atoms with Gasteiger partial charge in [0.25, 0.3) is 11.8 Å². The Kier molecular flexibility index (Phi) is 6.85. The van der Waals surface area contributed by atoms with Crippen molar-refractivity contribution in [3.63, 3.8) is 0 Å². The minimum Gasteiger partial charge on any atom is -0.484 e. The maximum absolute atomic E-state index is 12.7. The lowest BCUT2D eigenvalue weighted by molar-refractivity contribution is -0.118. The SMILES string of the molecule is O=C(COc1ccc2c(c1)OCO2)Nc1ccc(C(=O)NC[C@H]2CCCN3CCCC[C@H]23)cc1. The monoisotopic (exact) mass is 465 g/mol. The van der Waals surface area contributed by atoms with Crippen LogP contribution in [0.4, 0.5) is 5.69 Å². The van der Waals surface area contributed by atoms with E-state index in [1.54, 1.807) is 42.5 Å². The van der Waals surface area contributed by atoms with Crippen LogP contribution in [0.1, 0.15) is 42.5 Å². The summed E-state index contributed by atoms with van der Waals surface area (Å²) in [6.07, 6.45) is 6.22. The molecule has 180 valence electrons. The number of carbonyl (C=O) groups excluding carboxylic acids is 2. The van der Waals surface area contributed by atoms with E-state index in [0.717, 1.165) is 6.54 Å². The maximum Gasteiger partial charge on any atom is 0.262 e. The van der Waals surface area contributed by atoms with Crippen LogP contribution in [-0.4, -0.2) is 55.8 Å². The fourth-order valence-electron chi connectivity index (χ4n) is 5.16. The highest BCUT2D eigenvalue weighted by Crippen LogP contribution is 2.35. The topological polar surface area (TPSA) is 89.1 Å². The molecule has 0 bridgehead atoms. The normalized spacial score (nSPS) is 21.4. The number of benzene rings is 2. The summed E-state index contributed by atoms with van der Waals surface area (Å²) in [4.78, 5) is 27.5. The number of ether oxygens (including phenoxy) is 3. The molecule has 3 aliphatic rings. The van der Waals surface area contributed by atoms with Crippen LogP contribution in [0.5, 0.6) is 17.2 Å². The van der Waals surface area contributed by atoms with Gasteiger partial charge in [-0.25, -0.2) is 0 Å². The summed E-state index contributed by atoms with van der Waals surface area (Å²) in [6, 6.07) is 12.7. The third-order valence-corrected chi connectivity index (χ3v) is 6.90. The van der Waals surface area contributed by atoms with Gasteiger partial charge in [0.05, 0.1) is 0 Å². The summed E-state index contributed by atoms with van der Waals surface area (Å²) in [7, 11) is 0. The molecule has 2 saturated heterocycles. The lowest BCUT2D eigenvalue weighted by Crippen LogP contribution is -2.51. The Labute approximate surface area is 199 Å². The number of amides is 2. The summed E-state index contributed by atoms with van der Waals surface area (Å²) in [5, 5.41) is 5.91. The van der Waals surface area contributed by atoms with E-state index in [0.29, 0.717) is 40.5 Å². The average Bonchev–Trinajstić information content (AvgIpc) is 3.34. The van der Waals surface area contributed by atoms with Crippen LogP contribution in [0.2, 0.25) is 0 Å². The lowest BCUT2D eigenvalue weighted by Gasteiger charge is -2.44. The number of fused-ring (bicyclic) bond motifs is 2. The van der Waals surface area contributed by atoms with Gasteiger partial charge in [-0.1, -0.05) is 6.42 Å². The van der Waals surface area contributed by atoms with Crippen LogP contribution >= 0.6 is 0 Å². The molecule has 0 aliphatic carbocycles. The van der Waals surface area contributed by atoms with Gasteiger partial charge >= 0.3 is 0 Å². The van der Waals surface area contributed by atoms with Gasteiger partial charge in [-0.2, -0.15) is 0 Å². The van der Waals surface area contributed by atoms with Crippen molar-refractivity contribution in [3.05, 3.63) is 48.0 Å². The van der Waals surface area contributed by atoms with E-state index < -0.39 is 0 Å². The first-order valence-corrected chi connectivity index (χ1v) is 12.1. The summed E-state index contributed by atoms with van der Waals surface area (Å²) in [5.74, 6) is 1.96. The van der Waals surface area contributed by atoms with E-state index in [9.17, 15) is 9.59 Å². The number of piperidine rings is 2. The van der Waals surface area contributed by atoms with E-state index in [-0.39, 0.29) is 25.2 Å². The highest BCUT2D eigenvalue weighted by Gasteiger charge is 2.32. The fourth-order valence-corrected chi connectivity index (χ4v) is 5.16. The maximum atomic E-state index is 12.7. The molecular weight excluding hydrogens is 434 g/mol. The molecule has 3 heterocycles. The molecule has 3 aliphatic heterocycles. The molecule has 0 spiro atoms. The van der Waals surface area contributed by atoms with E-state index in [2.05, 4.69) is 15.5 Å². The Bertz CT molecular complexity index is 1020. The molecule has 0 saturated carbocycles. The second-order valence-electron chi connectivity index (χ2n) is 9.14. The number of hydrogen-bond donors (Lipinski definition) is 2. The van der Waals surface area contributed by atoms with E-state index in [4.69, 9.17) is 14.2 Å². The molecule has 0 aromatic heterocycles. The Morgan fingerprint density at radius 1 is 0.971 bits per heavy atom. The molecule has 0 unspecified atom stereocenters. The highest BCUT2D eigenvalue weighted by molar-refractivity contribution is 5.96. The number of nitrogens with zero attached hydrogens (tertiary/aromatic N) is 1. The first-order chi connectivity index (χ1) is 16.7. The Hall–Kier alpha value is -3.26. The second-order valence-corrected chi connectivity index (χ2v) is 9.14. The summed E-state index contributed by atoms with van der Waals surface area (Å²) < 4.78 is 16.1. The predicted molar refractivity (Wildman–Crippen MR) is 127 cm³/mol. The molecule has 2 N–H and O–H groups in total. The van der Waals surface area contributed by atoms with Crippen LogP contribution in [-0.2, 0) is 4.79 Å². The number of nitrogens with one attached hydrogen (secondary N) is 2. The molecule has 5 rings (SSSR count). The van der Waals surface area contributed by atoms with Crippen molar-refractivity contribution < 1.29 is 23.8 Å². The van der Waals surface area contributed by atoms with E-state index in [1.165, 1.54) is 45.2 Å². The van der Waals surface area contributed by atoms with Crippen LogP contribution < -0.4 is 24.8 Å². The molecule has 2 aromatic carbocycles. The van der Waals surface area contributed by atoms with Gasteiger partial charge in [-0.15, -0.1) is 0 Å². The van der Waals surface area contributed by atoms with Crippen molar-refractivity contribution in [2.24, 2.45) is 5.92 Å². The molecule has 2 aromatic rings. The Balaban J connectivity index is 1.08. The van der Waals surface area contributed by atoms with Gasteiger partial charge in [-0.3, -0.25) is 9.59 Å². The first-order valence-electron chi connectivity index (χ1n) is 12.1. The van der Waals surface area contributed by atoms with Crippen LogP contribution in [0.25, 0.3) is 0 Å². The molecule has 2 atom stereocenters. The van der Waals surface area contributed by atoms with E-state index >= 15 is 0 Å². The highest BCUT2D eigenvalue weighted by atomic mass is 16.7. The summed E-state index contributed by atoms with van der Waals surface area (Å²) >= 11 is 0. The van der Waals surface area contributed by atoms with Gasteiger partial charge in [0.2, 0.25) is 6.79 Å². The Morgan fingerprint density at radius 3 is 2.68 bits per heavy atom. The fraction of sp³-hybridized carbons (Fsp3) is 0.462. The molecular formula is C26H31N3O5. The zero-order chi connectivity index (χ0) is 23.3.